The molecular formula is C29H33F5O5S. The van der Waals surface area contributed by atoms with Crippen LogP contribution in [0.1, 0.15) is 63.5 Å². The van der Waals surface area contributed by atoms with E-state index in [9.17, 15) is 41.5 Å². The minimum absolute atomic E-state index is 0.00850. The van der Waals surface area contributed by atoms with Gasteiger partial charge in [-0.25, -0.2) is 0 Å². The second-order valence-corrected chi connectivity index (χ2v) is 11.5. The molecule has 40 heavy (non-hydrogen) atoms. The minimum atomic E-state index is -5.57. The predicted molar refractivity (Wildman–Crippen MR) is 145 cm³/mol. The van der Waals surface area contributed by atoms with E-state index in [1.165, 1.54) is 30.3 Å². The van der Waals surface area contributed by atoms with Gasteiger partial charge >= 0.3 is 12.1 Å². The second kappa shape index (κ2) is 14.2. The molecule has 0 aliphatic rings. The zero-order valence-electron chi connectivity index (χ0n) is 21.9. The van der Waals surface area contributed by atoms with Gasteiger partial charge in [-0.1, -0.05) is 49.0 Å². The highest BCUT2D eigenvalue weighted by Gasteiger charge is 2.56. The Morgan fingerprint density at radius 3 is 2.00 bits per heavy atom. The normalized spacial score (nSPS) is 13.2. The number of aromatic hydroxyl groups is 2. The fraction of sp³-hybridized carbons (Fsp3) is 0.483. The van der Waals surface area contributed by atoms with Crippen molar-refractivity contribution in [2.24, 2.45) is 0 Å². The van der Waals surface area contributed by atoms with E-state index in [2.05, 4.69) is 0 Å². The maximum atomic E-state index is 13.3. The zero-order valence-corrected chi connectivity index (χ0v) is 22.8. The van der Waals surface area contributed by atoms with Gasteiger partial charge in [-0.2, -0.15) is 22.0 Å². The van der Waals surface area contributed by atoms with Crippen LogP contribution in [0, 0.1) is 0 Å². The van der Waals surface area contributed by atoms with E-state index < -0.39 is 36.1 Å². The Labute approximate surface area is 232 Å². The fourth-order valence-corrected chi connectivity index (χ4v) is 5.65. The summed E-state index contributed by atoms with van der Waals surface area (Å²) in [6, 6.07) is 10.7. The largest absolute Gasteiger partial charge is 0.616 e. The van der Waals surface area contributed by atoms with Gasteiger partial charge in [0, 0.05) is 18.9 Å². The van der Waals surface area contributed by atoms with E-state index in [1.54, 1.807) is 12.1 Å². The van der Waals surface area contributed by atoms with Crippen molar-refractivity contribution in [1.29, 1.82) is 0 Å². The van der Waals surface area contributed by atoms with Crippen LogP contribution in [0.4, 0.5) is 22.0 Å². The molecule has 0 bridgehead atoms. The highest BCUT2D eigenvalue weighted by molar-refractivity contribution is 7.91. The number of aryl methyl sites for hydroxylation is 1. The molecule has 0 fully saturated rings. The van der Waals surface area contributed by atoms with Crippen molar-refractivity contribution in [3.63, 3.8) is 0 Å². The number of fused-ring (bicyclic) bond motifs is 1. The number of unbranched alkanes of at least 4 members (excludes halogenated alkanes) is 6. The standard InChI is InChI=1S/C29H33F5O5S/c30-28(31,29(32,33)34)16-8-18-40(38)17-7-5-3-1-2-4-6-9-24-26(20-10-12-21(35)13-11-20)27(37)23-15-14-22(36)19-25(23)39-24/h10-15,19,35-36H,1-9,16-18H2. The lowest BCUT2D eigenvalue weighted by Crippen LogP contribution is -2.36. The van der Waals surface area contributed by atoms with E-state index >= 15 is 0 Å². The number of halogens is 5. The number of rotatable bonds is 15. The SMILES string of the molecule is O=c1c(-c2ccc(O)cc2)c(CCCCCCCCC[S+]([O-])CCCC(F)(F)C(F)(F)F)oc2cc(O)ccc12. The molecule has 0 saturated carbocycles. The monoisotopic (exact) mass is 588 g/mol. The Morgan fingerprint density at radius 2 is 1.35 bits per heavy atom. The smallest absolute Gasteiger partial charge is 0.453 e. The third-order valence-electron chi connectivity index (χ3n) is 6.66. The van der Waals surface area contributed by atoms with Gasteiger partial charge in [-0.05, 0) is 55.5 Å². The van der Waals surface area contributed by atoms with Crippen molar-refractivity contribution in [3.8, 4) is 22.6 Å². The Kier molecular flexibility index (Phi) is 11.3. The summed E-state index contributed by atoms with van der Waals surface area (Å²) in [5.41, 5.74) is 1.14. The van der Waals surface area contributed by atoms with Crippen molar-refractivity contribution >= 4 is 22.1 Å². The average Bonchev–Trinajstić information content (AvgIpc) is 2.87. The summed E-state index contributed by atoms with van der Waals surface area (Å²) in [5, 5.41) is 19.8. The summed E-state index contributed by atoms with van der Waals surface area (Å²) in [6.45, 7) is 0. The summed E-state index contributed by atoms with van der Waals surface area (Å²) in [4.78, 5) is 13.3. The highest BCUT2D eigenvalue weighted by atomic mass is 32.2. The van der Waals surface area contributed by atoms with Crippen LogP contribution in [0.2, 0.25) is 0 Å². The van der Waals surface area contributed by atoms with Crippen molar-refractivity contribution in [3.05, 3.63) is 58.4 Å². The number of hydrogen-bond acceptors (Lipinski definition) is 5. The molecule has 0 spiro atoms. The third kappa shape index (κ3) is 8.86. The predicted octanol–water partition coefficient (Wildman–Crippen LogP) is 7.87. The number of alkyl halides is 5. The van der Waals surface area contributed by atoms with Crippen LogP contribution < -0.4 is 5.43 Å². The van der Waals surface area contributed by atoms with E-state index in [1.807, 2.05) is 0 Å². The first-order valence-corrected chi connectivity index (χ1v) is 14.8. The molecule has 220 valence electrons. The van der Waals surface area contributed by atoms with Gasteiger partial charge < -0.3 is 19.2 Å². The molecule has 0 saturated heterocycles. The molecule has 0 amide bonds. The second-order valence-electron chi connectivity index (χ2n) is 9.84. The van der Waals surface area contributed by atoms with E-state index in [0.29, 0.717) is 40.7 Å². The van der Waals surface area contributed by atoms with Gasteiger partial charge in [0.2, 0.25) is 5.43 Å². The first-order valence-electron chi connectivity index (χ1n) is 13.3. The Balaban J connectivity index is 1.41. The van der Waals surface area contributed by atoms with Crippen LogP contribution in [0.25, 0.3) is 22.1 Å². The molecule has 3 aromatic rings. The highest BCUT2D eigenvalue weighted by Crippen LogP contribution is 2.39. The molecule has 5 nitrogen and oxygen atoms in total. The molecular weight excluding hydrogens is 555 g/mol. The summed E-state index contributed by atoms with van der Waals surface area (Å²) in [5.74, 6) is -4.05. The Hall–Kier alpha value is -2.79. The van der Waals surface area contributed by atoms with Gasteiger partial charge in [0.1, 0.15) is 34.3 Å². The summed E-state index contributed by atoms with van der Waals surface area (Å²) >= 11 is -1.41. The lowest BCUT2D eigenvalue weighted by atomic mass is 9.98. The van der Waals surface area contributed by atoms with Crippen LogP contribution >= 0.6 is 0 Å². The first kappa shape index (κ1) is 31.7. The topological polar surface area (TPSA) is 93.7 Å². The maximum absolute atomic E-state index is 13.3. The van der Waals surface area contributed by atoms with Crippen molar-refractivity contribution < 1.29 is 41.1 Å². The molecule has 0 aliphatic heterocycles. The average molecular weight is 589 g/mol. The lowest BCUT2D eigenvalue weighted by molar-refractivity contribution is -0.284. The third-order valence-corrected chi connectivity index (χ3v) is 8.15. The van der Waals surface area contributed by atoms with E-state index in [-0.39, 0.29) is 28.4 Å². The molecule has 1 atom stereocenters. The van der Waals surface area contributed by atoms with Crippen LogP contribution in [0.15, 0.2) is 51.7 Å². The number of hydrogen-bond donors (Lipinski definition) is 2. The quantitative estimate of drug-likeness (QED) is 0.107. The fourth-order valence-electron chi connectivity index (χ4n) is 4.46. The molecule has 3 rings (SSSR count). The molecule has 1 aromatic heterocycles. The minimum Gasteiger partial charge on any atom is -0.616 e. The molecule has 2 N–H and O–H groups in total. The van der Waals surface area contributed by atoms with Crippen molar-refractivity contribution in [2.45, 2.75) is 76.3 Å². The summed E-state index contributed by atoms with van der Waals surface area (Å²) in [6.07, 6.45) is -1.09. The summed E-state index contributed by atoms with van der Waals surface area (Å²) in [7, 11) is 0. The summed E-state index contributed by atoms with van der Waals surface area (Å²) < 4.78 is 80.2. The first-order chi connectivity index (χ1) is 18.9. The zero-order chi connectivity index (χ0) is 29.3. The maximum Gasteiger partial charge on any atom is 0.453 e. The Bertz CT molecular complexity index is 1290. The van der Waals surface area contributed by atoms with Crippen LogP contribution in [-0.4, -0.2) is 38.4 Å². The molecule has 1 unspecified atom stereocenters. The molecule has 2 aromatic carbocycles. The van der Waals surface area contributed by atoms with Gasteiger partial charge in [-0.15, -0.1) is 0 Å². The van der Waals surface area contributed by atoms with E-state index in [4.69, 9.17) is 4.42 Å². The number of phenols is 2. The van der Waals surface area contributed by atoms with Gasteiger partial charge in [0.25, 0.3) is 0 Å². The number of benzene rings is 2. The van der Waals surface area contributed by atoms with Crippen molar-refractivity contribution in [1.82, 2.24) is 0 Å². The van der Waals surface area contributed by atoms with Gasteiger partial charge in [0.05, 0.1) is 10.9 Å². The molecule has 1 heterocycles. The molecule has 11 heteroatoms. The van der Waals surface area contributed by atoms with Gasteiger partial charge in [0.15, 0.2) is 0 Å². The Morgan fingerprint density at radius 1 is 0.775 bits per heavy atom. The molecule has 0 radical (unpaired) electrons. The van der Waals surface area contributed by atoms with Crippen LogP contribution in [-0.2, 0) is 17.6 Å². The van der Waals surface area contributed by atoms with Crippen LogP contribution in [0.5, 0.6) is 11.5 Å². The van der Waals surface area contributed by atoms with Crippen molar-refractivity contribution in [2.75, 3.05) is 11.5 Å². The van der Waals surface area contributed by atoms with Crippen LogP contribution in [0.3, 0.4) is 0 Å². The number of phenolic OH excluding ortho intramolecular Hbond substituents is 2. The molecule has 0 aliphatic carbocycles. The van der Waals surface area contributed by atoms with Gasteiger partial charge in [-0.3, -0.25) is 4.79 Å². The van der Waals surface area contributed by atoms with E-state index in [0.717, 1.165) is 38.5 Å². The lowest BCUT2D eigenvalue weighted by Gasteiger charge is -2.19.